The molecule has 0 bridgehead atoms. The minimum atomic E-state index is -0.657. The molecule has 0 aliphatic rings. The number of carbonyl (C=O) groups is 1. The van der Waals surface area contributed by atoms with Gasteiger partial charge in [-0.25, -0.2) is 9.37 Å². The number of hydrogen-bond donors (Lipinski definition) is 1. The van der Waals surface area contributed by atoms with Gasteiger partial charge >= 0.3 is 0 Å². The summed E-state index contributed by atoms with van der Waals surface area (Å²) in [6, 6.07) is 4.71. The van der Waals surface area contributed by atoms with Crippen LogP contribution < -0.4 is 10.2 Å². The van der Waals surface area contributed by atoms with Crippen LogP contribution >= 0.6 is 0 Å². The van der Waals surface area contributed by atoms with E-state index in [1.54, 1.807) is 38.6 Å². The highest BCUT2D eigenvalue weighted by Gasteiger charge is 2.19. The highest BCUT2D eigenvalue weighted by atomic mass is 19.1. The van der Waals surface area contributed by atoms with Crippen molar-refractivity contribution in [1.82, 2.24) is 9.97 Å². The van der Waals surface area contributed by atoms with Gasteiger partial charge < -0.3 is 10.2 Å². The van der Waals surface area contributed by atoms with Crippen LogP contribution in [0, 0.1) is 5.82 Å². The van der Waals surface area contributed by atoms with Crippen molar-refractivity contribution in [3.05, 3.63) is 48.2 Å². The average Bonchev–Trinajstić information content (AvgIpc) is 2.47. The lowest BCUT2D eigenvalue weighted by Gasteiger charge is -2.17. The van der Waals surface area contributed by atoms with Crippen molar-refractivity contribution in [2.75, 3.05) is 24.3 Å². The lowest BCUT2D eigenvalue weighted by atomic mass is 10.2. The third kappa shape index (κ3) is 2.52. The largest absolute Gasteiger partial charge is 0.371 e. The normalized spacial score (nSPS) is 10.1. The summed E-state index contributed by atoms with van der Waals surface area (Å²) in [5.74, 6) is -1.05. The van der Waals surface area contributed by atoms with Crippen LogP contribution in [0.5, 0.6) is 0 Å². The second-order valence-electron chi connectivity index (χ2n) is 3.84. The summed E-state index contributed by atoms with van der Waals surface area (Å²) in [6.45, 7) is 0. The van der Waals surface area contributed by atoms with Crippen molar-refractivity contribution in [2.45, 2.75) is 0 Å². The molecule has 98 valence electrons. The van der Waals surface area contributed by atoms with Crippen LogP contribution in [0.2, 0.25) is 0 Å². The van der Waals surface area contributed by atoms with E-state index in [1.165, 1.54) is 17.2 Å². The summed E-state index contributed by atoms with van der Waals surface area (Å²) >= 11 is 0. The monoisotopic (exact) mass is 260 g/mol. The molecule has 6 heteroatoms. The zero-order valence-corrected chi connectivity index (χ0v) is 10.6. The number of amides is 1. The fraction of sp³-hybridized carbons (Fsp3) is 0.154. The molecule has 2 heterocycles. The molecule has 0 radical (unpaired) electrons. The van der Waals surface area contributed by atoms with E-state index in [9.17, 15) is 9.18 Å². The summed E-state index contributed by atoms with van der Waals surface area (Å²) in [5, 5.41) is 2.60. The zero-order valence-electron chi connectivity index (χ0n) is 10.6. The quantitative estimate of drug-likeness (QED) is 0.916. The predicted octanol–water partition coefficient (Wildman–Crippen LogP) is 1.93. The van der Waals surface area contributed by atoms with E-state index >= 15 is 0 Å². The lowest BCUT2D eigenvalue weighted by Crippen LogP contribution is -2.27. The number of aromatic nitrogens is 2. The van der Waals surface area contributed by atoms with Crippen molar-refractivity contribution in [2.24, 2.45) is 0 Å². The van der Waals surface area contributed by atoms with Crippen molar-refractivity contribution in [1.29, 1.82) is 0 Å². The third-order valence-electron chi connectivity index (χ3n) is 2.71. The Labute approximate surface area is 110 Å². The van der Waals surface area contributed by atoms with Crippen LogP contribution in [0.1, 0.15) is 10.4 Å². The molecule has 0 fully saturated rings. The first-order valence-corrected chi connectivity index (χ1v) is 5.65. The summed E-state index contributed by atoms with van der Waals surface area (Å²) < 4.78 is 14.0. The first kappa shape index (κ1) is 12.9. The fourth-order valence-electron chi connectivity index (χ4n) is 1.65. The molecule has 2 aromatic heterocycles. The Bertz CT molecular complexity index is 588. The Morgan fingerprint density at radius 3 is 2.58 bits per heavy atom. The molecular weight excluding hydrogens is 247 g/mol. The highest BCUT2D eigenvalue weighted by molar-refractivity contribution is 6.06. The highest BCUT2D eigenvalue weighted by Crippen LogP contribution is 2.19. The molecule has 2 rings (SSSR count). The molecule has 0 aliphatic heterocycles. The second-order valence-corrected chi connectivity index (χ2v) is 3.84. The minimum Gasteiger partial charge on any atom is -0.371 e. The second kappa shape index (κ2) is 5.43. The molecular formula is C13H13FN4O. The van der Waals surface area contributed by atoms with Gasteiger partial charge in [0, 0.05) is 38.4 Å². The number of anilines is 2. The minimum absolute atomic E-state index is 0.0290. The average molecular weight is 260 g/mol. The third-order valence-corrected chi connectivity index (χ3v) is 2.71. The molecule has 0 atom stereocenters. The molecule has 0 unspecified atom stereocenters. The smallest absolute Gasteiger partial charge is 0.261 e. The van der Waals surface area contributed by atoms with Gasteiger partial charge in [0.1, 0.15) is 0 Å². The van der Waals surface area contributed by atoms with E-state index in [0.29, 0.717) is 5.69 Å². The van der Waals surface area contributed by atoms with Gasteiger partial charge in [0.15, 0.2) is 11.6 Å². The van der Waals surface area contributed by atoms with Crippen molar-refractivity contribution in [3.63, 3.8) is 0 Å². The van der Waals surface area contributed by atoms with Gasteiger partial charge in [0.2, 0.25) is 0 Å². The van der Waals surface area contributed by atoms with Crippen molar-refractivity contribution in [3.8, 4) is 0 Å². The summed E-state index contributed by atoms with van der Waals surface area (Å²) in [7, 11) is 3.13. The molecule has 2 aromatic rings. The SMILES string of the molecule is CNc1nccc(C(=O)N(C)c2ccncc2)c1F. The number of pyridine rings is 2. The summed E-state index contributed by atoms with van der Waals surface area (Å²) in [6.07, 6.45) is 4.53. The topological polar surface area (TPSA) is 58.1 Å². The van der Waals surface area contributed by atoms with Gasteiger partial charge in [-0.15, -0.1) is 0 Å². The Morgan fingerprint density at radius 1 is 1.26 bits per heavy atom. The molecule has 0 spiro atoms. The maximum atomic E-state index is 14.0. The van der Waals surface area contributed by atoms with Crippen LogP contribution in [-0.4, -0.2) is 30.0 Å². The molecule has 1 N–H and O–H groups in total. The molecule has 0 saturated heterocycles. The van der Waals surface area contributed by atoms with E-state index in [1.807, 2.05) is 0 Å². The van der Waals surface area contributed by atoms with Gasteiger partial charge in [0.05, 0.1) is 5.56 Å². The summed E-state index contributed by atoms with van der Waals surface area (Å²) in [5.41, 5.74) is 0.612. The van der Waals surface area contributed by atoms with Crippen LogP contribution in [0.3, 0.4) is 0 Å². The van der Waals surface area contributed by atoms with E-state index < -0.39 is 11.7 Å². The van der Waals surface area contributed by atoms with Crippen LogP contribution in [-0.2, 0) is 0 Å². The number of hydrogen-bond acceptors (Lipinski definition) is 4. The predicted molar refractivity (Wildman–Crippen MR) is 70.7 cm³/mol. The maximum Gasteiger partial charge on any atom is 0.261 e. The first-order chi connectivity index (χ1) is 9.15. The van der Waals surface area contributed by atoms with Gasteiger partial charge in [-0.3, -0.25) is 9.78 Å². The standard InChI is InChI=1S/C13H13FN4O/c1-15-12-11(14)10(5-8-17-12)13(19)18(2)9-3-6-16-7-4-9/h3-8H,1-2H3,(H,15,17). The number of rotatable bonds is 3. The van der Waals surface area contributed by atoms with Gasteiger partial charge in [-0.2, -0.15) is 0 Å². The van der Waals surface area contributed by atoms with Crippen molar-refractivity contribution >= 4 is 17.4 Å². The van der Waals surface area contributed by atoms with Crippen LogP contribution in [0.25, 0.3) is 0 Å². The Kier molecular flexibility index (Phi) is 3.70. The molecule has 5 nitrogen and oxygen atoms in total. The summed E-state index contributed by atoms with van der Waals surface area (Å²) in [4.78, 5) is 21.3. The van der Waals surface area contributed by atoms with Crippen LogP contribution in [0.4, 0.5) is 15.9 Å². The van der Waals surface area contributed by atoms with Gasteiger partial charge in [-0.05, 0) is 18.2 Å². The van der Waals surface area contributed by atoms with Crippen molar-refractivity contribution < 1.29 is 9.18 Å². The lowest BCUT2D eigenvalue weighted by molar-refractivity contribution is 0.0989. The maximum absolute atomic E-state index is 14.0. The number of carbonyl (C=O) groups excluding carboxylic acids is 1. The number of halogens is 1. The Morgan fingerprint density at radius 2 is 1.95 bits per heavy atom. The van der Waals surface area contributed by atoms with Gasteiger partial charge in [0.25, 0.3) is 5.91 Å². The Balaban J connectivity index is 2.35. The van der Waals surface area contributed by atoms with Crippen LogP contribution in [0.15, 0.2) is 36.8 Å². The van der Waals surface area contributed by atoms with E-state index in [4.69, 9.17) is 0 Å². The van der Waals surface area contributed by atoms with Gasteiger partial charge in [-0.1, -0.05) is 0 Å². The fourth-order valence-corrected chi connectivity index (χ4v) is 1.65. The molecule has 1 amide bonds. The zero-order chi connectivity index (χ0) is 13.8. The number of nitrogens with one attached hydrogen (secondary N) is 1. The first-order valence-electron chi connectivity index (χ1n) is 5.65. The van der Waals surface area contributed by atoms with E-state index in [0.717, 1.165) is 0 Å². The van der Waals surface area contributed by atoms with E-state index in [2.05, 4.69) is 15.3 Å². The number of nitrogens with zero attached hydrogens (tertiary/aromatic N) is 3. The molecule has 0 saturated carbocycles. The molecule has 0 aromatic carbocycles. The molecule has 19 heavy (non-hydrogen) atoms. The Hall–Kier alpha value is -2.50. The molecule has 0 aliphatic carbocycles. The van der Waals surface area contributed by atoms with E-state index in [-0.39, 0.29) is 11.4 Å².